The van der Waals surface area contributed by atoms with E-state index >= 15 is 0 Å². The van der Waals surface area contributed by atoms with E-state index in [0.717, 1.165) is 29.8 Å². The van der Waals surface area contributed by atoms with Gasteiger partial charge in [0.05, 0.1) is 13.2 Å². The number of nitrogens with zero attached hydrogens (tertiary/aromatic N) is 4. The Morgan fingerprint density at radius 2 is 1.89 bits per heavy atom. The molecule has 8 nitrogen and oxygen atoms in total. The average Bonchev–Trinajstić information content (AvgIpc) is 3.32. The molecule has 2 aromatic carbocycles. The van der Waals surface area contributed by atoms with Crippen molar-refractivity contribution in [2.75, 3.05) is 39.4 Å². The topological polar surface area (TPSA) is 80.1 Å². The third-order valence-electron chi connectivity index (χ3n) is 6.33. The van der Waals surface area contributed by atoms with Gasteiger partial charge in [0, 0.05) is 58.5 Å². The zero-order valence-electron chi connectivity index (χ0n) is 21.2. The van der Waals surface area contributed by atoms with Crippen LogP contribution in [0.2, 0.25) is 0 Å². The van der Waals surface area contributed by atoms with E-state index in [1.165, 1.54) is 0 Å². The molecule has 1 N–H and O–H groups in total. The number of β-amino-alcohol motifs (C(OH)–C–C–N with tert-alkyl or cyclic N) is 1. The van der Waals surface area contributed by atoms with Gasteiger partial charge in [0.15, 0.2) is 0 Å². The Balaban J connectivity index is 1.36. The van der Waals surface area contributed by atoms with Gasteiger partial charge in [0.2, 0.25) is 5.91 Å². The molecule has 1 saturated heterocycles. The average molecular weight is 493 g/mol. The number of carbonyl (C=O) groups is 1. The van der Waals surface area contributed by atoms with Gasteiger partial charge in [-0.3, -0.25) is 14.4 Å². The van der Waals surface area contributed by atoms with Crippen LogP contribution in [0.4, 0.5) is 0 Å². The molecular weight excluding hydrogens is 456 g/mol. The maximum absolute atomic E-state index is 12.2. The number of carbonyl (C=O) groups excluding carboxylic acids is 1. The molecule has 1 atom stereocenters. The predicted octanol–water partition coefficient (Wildman–Crippen LogP) is 3.13. The number of aromatic nitrogens is 2. The molecule has 0 aliphatic carbocycles. The first-order chi connectivity index (χ1) is 17.4. The minimum absolute atomic E-state index is 0.0453. The van der Waals surface area contributed by atoms with Crippen molar-refractivity contribution in [3.8, 4) is 11.5 Å². The summed E-state index contributed by atoms with van der Waals surface area (Å²) in [5.41, 5.74) is 1.06. The van der Waals surface area contributed by atoms with Crippen molar-refractivity contribution in [1.82, 2.24) is 19.6 Å². The molecule has 36 heavy (non-hydrogen) atoms. The van der Waals surface area contributed by atoms with Crippen LogP contribution in [0.5, 0.6) is 11.5 Å². The zero-order valence-corrected chi connectivity index (χ0v) is 21.2. The number of benzene rings is 2. The molecule has 2 heterocycles. The second-order valence-corrected chi connectivity index (χ2v) is 9.60. The number of aryl methyl sites for hydroxylation is 2. The molecule has 0 radical (unpaired) electrons. The number of ether oxygens (including phenoxy) is 2. The van der Waals surface area contributed by atoms with Crippen LogP contribution in [-0.2, 0) is 17.9 Å². The van der Waals surface area contributed by atoms with Crippen LogP contribution in [0.15, 0.2) is 67.0 Å². The second-order valence-electron chi connectivity index (χ2n) is 9.60. The monoisotopic (exact) mass is 492 g/mol. The number of aliphatic hydroxyl groups is 1. The second kappa shape index (κ2) is 12.1. The summed E-state index contributed by atoms with van der Waals surface area (Å²) in [5, 5.41) is 15.7. The Hall–Kier alpha value is -3.36. The highest BCUT2D eigenvalue weighted by Gasteiger charge is 2.36. The van der Waals surface area contributed by atoms with Gasteiger partial charge in [0.25, 0.3) is 0 Å². The first kappa shape index (κ1) is 25.7. The van der Waals surface area contributed by atoms with Gasteiger partial charge in [-0.15, -0.1) is 0 Å². The molecule has 1 aliphatic heterocycles. The van der Waals surface area contributed by atoms with E-state index in [-0.39, 0.29) is 19.1 Å². The molecular formula is C28H36N4O4. The molecule has 0 unspecified atom stereocenters. The summed E-state index contributed by atoms with van der Waals surface area (Å²) in [6.07, 6.45) is 4.59. The van der Waals surface area contributed by atoms with Crippen molar-refractivity contribution in [3.63, 3.8) is 0 Å². The fraction of sp³-hybridized carbons (Fsp3) is 0.429. The summed E-state index contributed by atoms with van der Waals surface area (Å²) in [7, 11) is 0. The first-order valence-corrected chi connectivity index (χ1v) is 12.5. The third-order valence-corrected chi connectivity index (χ3v) is 6.33. The van der Waals surface area contributed by atoms with Crippen LogP contribution in [0, 0.1) is 6.92 Å². The largest absolute Gasteiger partial charge is 0.494 e. The summed E-state index contributed by atoms with van der Waals surface area (Å²) in [4.78, 5) is 16.1. The van der Waals surface area contributed by atoms with Crippen LogP contribution in [-0.4, -0.2) is 75.6 Å². The highest BCUT2D eigenvalue weighted by molar-refractivity contribution is 5.73. The molecule has 8 heteroatoms. The SMILES string of the molecule is CC(=O)N1CCN(Cc2cccc(OCCCn3cccn3)c2)C[C@@](O)(COc2ccc(C)cc2)C1. The molecule has 0 bridgehead atoms. The van der Waals surface area contributed by atoms with Gasteiger partial charge >= 0.3 is 0 Å². The van der Waals surface area contributed by atoms with E-state index in [1.54, 1.807) is 18.0 Å². The molecule has 1 amide bonds. The van der Waals surface area contributed by atoms with E-state index in [0.29, 0.717) is 38.5 Å². The quantitative estimate of drug-likeness (QED) is 0.438. The van der Waals surface area contributed by atoms with Crippen LogP contribution in [0.3, 0.4) is 0 Å². The van der Waals surface area contributed by atoms with Crippen molar-refractivity contribution in [2.24, 2.45) is 0 Å². The lowest BCUT2D eigenvalue weighted by molar-refractivity contribution is -0.132. The molecule has 0 saturated carbocycles. The molecule has 1 aromatic heterocycles. The van der Waals surface area contributed by atoms with Gasteiger partial charge in [-0.2, -0.15) is 5.10 Å². The van der Waals surface area contributed by atoms with Gasteiger partial charge in [-0.1, -0.05) is 29.8 Å². The van der Waals surface area contributed by atoms with E-state index in [1.807, 2.05) is 66.3 Å². The van der Waals surface area contributed by atoms with E-state index in [9.17, 15) is 9.90 Å². The van der Waals surface area contributed by atoms with Crippen LogP contribution >= 0.6 is 0 Å². The highest BCUT2D eigenvalue weighted by atomic mass is 16.5. The summed E-state index contributed by atoms with van der Waals surface area (Å²) in [5.74, 6) is 1.49. The minimum Gasteiger partial charge on any atom is -0.494 e. The highest BCUT2D eigenvalue weighted by Crippen LogP contribution is 2.21. The minimum atomic E-state index is -1.19. The predicted molar refractivity (Wildman–Crippen MR) is 138 cm³/mol. The van der Waals surface area contributed by atoms with Crippen molar-refractivity contribution >= 4 is 5.91 Å². The number of hydrogen-bond donors (Lipinski definition) is 1. The number of rotatable bonds is 10. The van der Waals surface area contributed by atoms with Crippen LogP contribution < -0.4 is 9.47 Å². The maximum atomic E-state index is 12.2. The Bertz CT molecular complexity index is 1100. The van der Waals surface area contributed by atoms with Crippen molar-refractivity contribution in [2.45, 2.75) is 39.0 Å². The lowest BCUT2D eigenvalue weighted by Gasteiger charge is -2.32. The molecule has 3 aromatic rings. The van der Waals surface area contributed by atoms with Crippen LogP contribution in [0.25, 0.3) is 0 Å². The van der Waals surface area contributed by atoms with E-state index in [2.05, 4.69) is 16.1 Å². The van der Waals surface area contributed by atoms with Crippen molar-refractivity contribution in [1.29, 1.82) is 0 Å². The lowest BCUT2D eigenvalue weighted by atomic mass is 10.0. The molecule has 0 spiro atoms. The standard InChI is InChI=1S/C28H36N4O4/c1-23-8-10-26(11-9-23)36-22-28(34)20-30(15-16-31(21-28)24(2)33)19-25-6-3-7-27(18-25)35-17-5-14-32-13-4-12-29-32/h3-4,6-13,18,34H,5,14-17,19-22H2,1-2H3/t28-/m0/s1. The van der Waals surface area contributed by atoms with Gasteiger partial charge in [-0.25, -0.2) is 0 Å². The Morgan fingerprint density at radius 3 is 2.64 bits per heavy atom. The summed E-state index contributed by atoms with van der Waals surface area (Å²) in [6, 6.07) is 17.7. The first-order valence-electron chi connectivity index (χ1n) is 12.5. The third kappa shape index (κ3) is 7.57. The summed E-state index contributed by atoms with van der Waals surface area (Å²) < 4.78 is 13.8. The number of hydrogen-bond acceptors (Lipinski definition) is 6. The Labute approximate surface area is 213 Å². The normalized spacial score (nSPS) is 18.6. The zero-order chi connectivity index (χ0) is 25.4. The lowest BCUT2D eigenvalue weighted by Crippen LogP contribution is -2.51. The van der Waals surface area contributed by atoms with Gasteiger partial charge in [0.1, 0.15) is 23.7 Å². The van der Waals surface area contributed by atoms with Crippen LogP contribution in [0.1, 0.15) is 24.5 Å². The molecule has 4 rings (SSSR count). The van der Waals surface area contributed by atoms with Crippen molar-refractivity contribution < 1.29 is 19.4 Å². The Kier molecular flexibility index (Phi) is 8.61. The smallest absolute Gasteiger partial charge is 0.219 e. The van der Waals surface area contributed by atoms with Gasteiger partial charge in [-0.05, 0) is 42.8 Å². The van der Waals surface area contributed by atoms with E-state index < -0.39 is 5.60 Å². The summed E-state index contributed by atoms with van der Waals surface area (Å²) >= 11 is 0. The molecule has 1 fully saturated rings. The van der Waals surface area contributed by atoms with Crippen molar-refractivity contribution in [3.05, 3.63) is 78.1 Å². The fourth-order valence-electron chi connectivity index (χ4n) is 4.43. The molecule has 1 aliphatic rings. The maximum Gasteiger partial charge on any atom is 0.219 e. The molecule has 192 valence electrons. The van der Waals surface area contributed by atoms with Gasteiger partial charge < -0.3 is 19.5 Å². The van der Waals surface area contributed by atoms with E-state index in [4.69, 9.17) is 9.47 Å². The fourth-order valence-corrected chi connectivity index (χ4v) is 4.43. The number of amides is 1. The summed E-state index contributed by atoms with van der Waals surface area (Å²) in [6.45, 7) is 7.61. The Morgan fingerprint density at radius 1 is 1.06 bits per heavy atom.